The normalized spacial score (nSPS) is 18.1. The van der Waals surface area contributed by atoms with Gasteiger partial charge in [-0.3, -0.25) is 0 Å². The van der Waals surface area contributed by atoms with Crippen molar-refractivity contribution in [2.24, 2.45) is 0 Å². The fourth-order valence-electron chi connectivity index (χ4n) is 1.37. The first-order valence-electron chi connectivity index (χ1n) is 4.86. The molecule has 0 radical (unpaired) electrons. The van der Waals surface area contributed by atoms with E-state index in [9.17, 15) is 0 Å². The smallest absolute Gasteiger partial charge is 0.203 e. The molecule has 2 N–H and O–H groups in total. The van der Waals surface area contributed by atoms with Crippen LogP contribution >= 0.6 is 34.9 Å². The Morgan fingerprint density at radius 3 is 2.80 bits per heavy atom. The molecule has 1 aliphatic heterocycles. The van der Waals surface area contributed by atoms with Crippen molar-refractivity contribution in [3.8, 4) is 0 Å². The van der Waals surface area contributed by atoms with Crippen LogP contribution in [0.1, 0.15) is 0 Å². The minimum Gasteiger partial charge on any atom is -0.374 e. The van der Waals surface area contributed by atoms with Gasteiger partial charge in [-0.2, -0.15) is 11.8 Å². The van der Waals surface area contributed by atoms with Crippen LogP contribution in [0.2, 0.25) is 0 Å². The average molecular weight is 262 g/mol. The molecule has 1 aromatic heterocycles. The molecule has 1 fully saturated rings. The van der Waals surface area contributed by atoms with Crippen molar-refractivity contribution in [1.29, 1.82) is 0 Å². The molecular weight excluding hydrogens is 248 g/mol. The zero-order valence-electron chi connectivity index (χ0n) is 8.39. The molecule has 0 amide bonds. The zero-order chi connectivity index (χ0) is 10.5. The van der Waals surface area contributed by atoms with Crippen LogP contribution < -0.4 is 5.73 Å². The van der Waals surface area contributed by atoms with E-state index in [1.54, 1.807) is 11.8 Å². The molecule has 0 atom stereocenters. The first-order valence-corrected chi connectivity index (χ1v) is 7.82. The Balaban J connectivity index is 1.65. The Bertz CT molecular complexity index is 298. The summed E-state index contributed by atoms with van der Waals surface area (Å²) < 4.78 is 0.985. The Hall–Kier alpha value is 0.0200. The molecule has 4 nitrogen and oxygen atoms in total. The zero-order valence-corrected chi connectivity index (χ0v) is 10.8. The van der Waals surface area contributed by atoms with Crippen LogP contribution in [0.5, 0.6) is 0 Å². The van der Waals surface area contributed by atoms with Crippen molar-refractivity contribution in [2.45, 2.75) is 4.34 Å². The summed E-state index contributed by atoms with van der Waals surface area (Å²) >= 11 is 5.27. The van der Waals surface area contributed by atoms with Gasteiger partial charge in [0.2, 0.25) is 5.13 Å². The maximum absolute atomic E-state index is 5.51. The molecule has 0 aliphatic carbocycles. The largest absolute Gasteiger partial charge is 0.374 e. The minimum atomic E-state index is 0.562. The summed E-state index contributed by atoms with van der Waals surface area (Å²) in [6, 6.07) is 0. The van der Waals surface area contributed by atoms with E-state index < -0.39 is 0 Å². The van der Waals surface area contributed by atoms with E-state index in [0.29, 0.717) is 5.13 Å². The number of anilines is 1. The van der Waals surface area contributed by atoms with Crippen LogP contribution in [0.4, 0.5) is 5.13 Å². The summed E-state index contributed by atoms with van der Waals surface area (Å²) in [6.45, 7) is 3.59. The highest BCUT2D eigenvalue weighted by Gasteiger charge is 2.10. The highest BCUT2D eigenvalue weighted by Crippen LogP contribution is 2.23. The van der Waals surface area contributed by atoms with Gasteiger partial charge >= 0.3 is 0 Å². The standard InChI is InChI=1S/C8H14N4S3/c9-7-10-11-8(15-7)14-6-3-12-1-4-13-5-2-12/h1-6H2,(H2,9,10). The van der Waals surface area contributed by atoms with Crippen LogP contribution in [0.15, 0.2) is 4.34 Å². The predicted octanol–water partition coefficient (Wildman–Crippen LogP) is 1.26. The molecule has 1 saturated heterocycles. The molecule has 1 aliphatic rings. The lowest BCUT2D eigenvalue weighted by Gasteiger charge is -2.25. The van der Waals surface area contributed by atoms with E-state index in [1.165, 1.54) is 35.9 Å². The van der Waals surface area contributed by atoms with Gasteiger partial charge in [0.05, 0.1) is 0 Å². The Kier molecular flexibility index (Phi) is 4.55. The fourth-order valence-corrected chi connectivity index (χ4v) is 4.05. The van der Waals surface area contributed by atoms with Crippen molar-refractivity contribution in [3.63, 3.8) is 0 Å². The van der Waals surface area contributed by atoms with Crippen LogP contribution in [0, 0.1) is 0 Å². The molecule has 7 heteroatoms. The van der Waals surface area contributed by atoms with Crippen molar-refractivity contribution >= 4 is 40.0 Å². The van der Waals surface area contributed by atoms with E-state index >= 15 is 0 Å². The van der Waals surface area contributed by atoms with Crippen LogP contribution in [0.25, 0.3) is 0 Å². The summed E-state index contributed by atoms with van der Waals surface area (Å²) in [6.07, 6.45) is 0. The number of thioether (sulfide) groups is 2. The predicted molar refractivity (Wildman–Crippen MR) is 68.8 cm³/mol. The number of nitrogens with two attached hydrogens (primary N) is 1. The molecule has 1 aromatic rings. The van der Waals surface area contributed by atoms with Gasteiger partial charge in [-0.05, 0) is 0 Å². The van der Waals surface area contributed by atoms with Gasteiger partial charge in [-0.1, -0.05) is 23.1 Å². The van der Waals surface area contributed by atoms with E-state index in [1.807, 2.05) is 11.8 Å². The van der Waals surface area contributed by atoms with Crippen LogP contribution in [-0.2, 0) is 0 Å². The highest BCUT2D eigenvalue weighted by molar-refractivity contribution is 8.01. The van der Waals surface area contributed by atoms with Crippen molar-refractivity contribution in [2.75, 3.05) is 42.6 Å². The highest BCUT2D eigenvalue weighted by atomic mass is 32.2. The van der Waals surface area contributed by atoms with Gasteiger partial charge in [0.1, 0.15) is 0 Å². The molecule has 0 bridgehead atoms. The topological polar surface area (TPSA) is 55.0 Å². The number of aromatic nitrogens is 2. The lowest BCUT2D eigenvalue weighted by Crippen LogP contribution is -2.34. The summed E-state index contributed by atoms with van der Waals surface area (Å²) in [7, 11) is 0. The van der Waals surface area contributed by atoms with Crippen molar-refractivity contribution in [3.05, 3.63) is 0 Å². The first-order chi connectivity index (χ1) is 7.34. The number of hydrogen-bond donors (Lipinski definition) is 1. The average Bonchev–Trinajstić information content (AvgIpc) is 2.66. The van der Waals surface area contributed by atoms with E-state index in [2.05, 4.69) is 15.1 Å². The van der Waals surface area contributed by atoms with Crippen LogP contribution in [0.3, 0.4) is 0 Å². The monoisotopic (exact) mass is 262 g/mol. The third-order valence-electron chi connectivity index (χ3n) is 2.16. The summed E-state index contributed by atoms with van der Waals surface area (Å²) in [5.74, 6) is 3.63. The minimum absolute atomic E-state index is 0.562. The maximum Gasteiger partial charge on any atom is 0.203 e. The molecule has 15 heavy (non-hydrogen) atoms. The third-order valence-corrected chi connectivity index (χ3v) is 4.97. The molecule has 0 saturated carbocycles. The van der Waals surface area contributed by atoms with Gasteiger partial charge in [0.15, 0.2) is 4.34 Å². The van der Waals surface area contributed by atoms with Crippen molar-refractivity contribution < 1.29 is 0 Å². The third kappa shape index (κ3) is 3.82. The maximum atomic E-state index is 5.51. The van der Waals surface area contributed by atoms with Crippen molar-refractivity contribution in [1.82, 2.24) is 15.1 Å². The van der Waals surface area contributed by atoms with E-state index in [4.69, 9.17) is 5.73 Å². The molecule has 2 rings (SSSR count). The van der Waals surface area contributed by atoms with E-state index in [0.717, 1.165) is 16.6 Å². The Morgan fingerprint density at radius 1 is 1.33 bits per heavy atom. The van der Waals surface area contributed by atoms with Gasteiger partial charge in [-0.15, -0.1) is 10.2 Å². The van der Waals surface area contributed by atoms with Crippen LogP contribution in [-0.4, -0.2) is 52.0 Å². The second-order valence-corrected chi connectivity index (χ2v) is 6.78. The Morgan fingerprint density at radius 2 is 2.13 bits per heavy atom. The fraction of sp³-hybridized carbons (Fsp3) is 0.750. The second-order valence-electron chi connectivity index (χ2n) is 3.21. The van der Waals surface area contributed by atoms with E-state index in [-0.39, 0.29) is 0 Å². The Labute approximate surface area is 102 Å². The summed E-state index contributed by atoms with van der Waals surface area (Å²) in [5, 5.41) is 8.33. The quantitative estimate of drug-likeness (QED) is 0.825. The molecule has 0 unspecified atom stereocenters. The van der Waals surface area contributed by atoms with Gasteiger partial charge in [-0.25, -0.2) is 0 Å². The molecule has 0 aromatic carbocycles. The number of hydrogen-bond acceptors (Lipinski definition) is 7. The lowest BCUT2D eigenvalue weighted by molar-refractivity contribution is 0.322. The van der Waals surface area contributed by atoms with Gasteiger partial charge in [0, 0.05) is 36.9 Å². The SMILES string of the molecule is Nc1nnc(SCCN2CCSCC2)s1. The lowest BCUT2D eigenvalue weighted by atomic mass is 10.5. The summed E-state index contributed by atoms with van der Waals surface area (Å²) in [5.41, 5.74) is 5.51. The second kappa shape index (κ2) is 5.93. The number of nitrogen functional groups attached to an aromatic ring is 1. The first kappa shape index (κ1) is 11.5. The van der Waals surface area contributed by atoms with Gasteiger partial charge < -0.3 is 10.6 Å². The number of rotatable bonds is 4. The number of nitrogens with zero attached hydrogens (tertiary/aromatic N) is 3. The molecule has 0 spiro atoms. The summed E-state index contributed by atoms with van der Waals surface area (Å²) in [4.78, 5) is 2.51. The molecule has 2 heterocycles. The van der Waals surface area contributed by atoms with Gasteiger partial charge in [0.25, 0.3) is 0 Å². The molecular formula is C8H14N4S3. The molecule has 84 valence electrons.